The van der Waals surface area contributed by atoms with Gasteiger partial charge in [0, 0.05) is 17.7 Å². The summed E-state index contributed by atoms with van der Waals surface area (Å²) in [5, 5.41) is 10.6. The molecule has 0 heterocycles. The fraction of sp³-hybridized carbons (Fsp3) is 0.143. The number of aryl methyl sites for hydroxylation is 1. The van der Waals surface area contributed by atoms with Crippen LogP contribution in [0.3, 0.4) is 0 Å². The van der Waals surface area contributed by atoms with Crippen molar-refractivity contribution in [2.45, 2.75) is 12.8 Å². The second-order valence-electron chi connectivity index (χ2n) is 4.10. The summed E-state index contributed by atoms with van der Waals surface area (Å²) >= 11 is 5.87. The molecule has 0 radical (unpaired) electrons. The van der Waals surface area contributed by atoms with Crippen LogP contribution in [-0.4, -0.2) is 4.92 Å². The Morgan fingerprint density at radius 2 is 1.89 bits per heavy atom. The van der Waals surface area contributed by atoms with Crippen molar-refractivity contribution >= 4 is 17.3 Å². The van der Waals surface area contributed by atoms with E-state index in [1.165, 1.54) is 12.1 Å². The van der Waals surface area contributed by atoms with Crippen molar-refractivity contribution < 1.29 is 9.66 Å². The zero-order valence-corrected chi connectivity index (χ0v) is 11.1. The van der Waals surface area contributed by atoms with Crippen LogP contribution in [0.15, 0.2) is 42.5 Å². The minimum absolute atomic E-state index is 0.0359. The molecule has 0 aliphatic rings. The summed E-state index contributed by atoms with van der Waals surface area (Å²) in [6, 6.07) is 11.7. The fourth-order valence-electron chi connectivity index (χ4n) is 1.68. The first-order chi connectivity index (χ1) is 9.10. The van der Waals surface area contributed by atoms with Gasteiger partial charge in [-0.25, -0.2) is 0 Å². The third-order valence-electron chi connectivity index (χ3n) is 2.64. The van der Waals surface area contributed by atoms with Crippen LogP contribution in [0, 0.1) is 17.0 Å². The molecule has 0 atom stereocenters. The van der Waals surface area contributed by atoms with Gasteiger partial charge >= 0.3 is 0 Å². The Labute approximate surface area is 115 Å². The van der Waals surface area contributed by atoms with Crippen LogP contribution < -0.4 is 4.74 Å². The number of hydrogen-bond acceptors (Lipinski definition) is 3. The molecule has 98 valence electrons. The second-order valence-corrected chi connectivity index (χ2v) is 4.37. The first-order valence-corrected chi connectivity index (χ1v) is 6.21. The summed E-state index contributed by atoms with van der Waals surface area (Å²) in [5.41, 5.74) is 2.03. The molecule has 0 saturated heterocycles. The highest BCUT2D eigenvalue weighted by Crippen LogP contribution is 2.28. The van der Waals surface area contributed by atoms with E-state index >= 15 is 0 Å². The maximum absolute atomic E-state index is 10.6. The lowest BCUT2D eigenvalue weighted by molar-refractivity contribution is -0.384. The number of alkyl halides is 1. The highest BCUT2D eigenvalue weighted by atomic mass is 35.5. The van der Waals surface area contributed by atoms with Crippen molar-refractivity contribution in [2.75, 3.05) is 0 Å². The van der Waals surface area contributed by atoms with Crippen LogP contribution in [0.25, 0.3) is 0 Å². The van der Waals surface area contributed by atoms with Gasteiger partial charge in [0.05, 0.1) is 10.8 Å². The number of rotatable bonds is 4. The first kappa shape index (κ1) is 13.4. The SMILES string of the molecule is Cc1ccc(Oc2ccc([N+](=O)[O-])cc2)c(CCl)c1. The number of hydrogen-bond donors (Lipinski definition) is 0. The molecule has 0 unspecified atom stereocenters. The highest BCUT2D eigenvalue weighted by molar-refractivity contribution is 6.17. The van der Waals surface area contributed by atoms with Crippen molar-refractivity contribution in [1.29, 1.82) is 0 Å². The van der Waals surface area contributed by atoms with Crippen LogP contribution in [-0.2, 0) is 5.88 Å². The minimum atomic E-state index is -0.445. The molecule has 0 fully saturated rings. The van der Waals surface area contributed by atoms with Crippen molar-refractivity contribution in [3.8, 4) is 11.5 Å². The van der Waals surface area contributed by atoms with Crippen LogP contribution >= 0.6 is 11.6 Å². The van der Waals surface area contributed by atoms with Gasteiger partial charge in [0.25, 0.3) is 5.69 Å². The zero-order valence-electron chi connectivity index (χ0n) is 10.3. The van der Waals surface area contributed by atoms with E-state index in [0.717, 1.165) is 11.1 Å². The topological polar surface area (TPSA) is 52.4 Å². The van der Waals surface area contributed by atoms with Crippen molar-refractivity contribution in [1.82, 2.24) is 0 Å². The average Bonchev–Trinajstić information content (AvgIpc) is 2.41. The molecule has 0 N–H and O–H groups in total. The minimum Gasteiger partial charge on any atom is -0.457 e. The van der Waals surface area contributed by atoms with Crippen LogP contribution in [0.4, 0.5) is 5.69 Å². The van der Waals surface area contributed by atoms with Gasteiger partial charge in [0.1, 0.15) is 11.5 Å². The lowest BCUT2D eigenvalue weighted by atomic mass is 10.1. The summed E-state index contributed by atoms with van der Waals surface area (Å²) in [7, 11) is 0. The van der Waals surface area contributed by atoms with E-state index in [1.807, 2.05) is 25.1 Å². The van der Waals surface area contributed by atoms with E-state index in [0.29, 0.717) is 17.4 Å². The molecule has 0 aliphatic carbocycles. The highest BCUT2D eigenvalue weighted by Gasteiger charge is 2.07. The van der Waals surface area contributed by atoms with Gasteiger partial charge in [-0.15, -0.1) is 11.6 Å². The Hall–Kier alpha value is -2.07. The Kier molecular flexibility index (Phi) is 4.02. The average molecular weight is 278 g/mol. The molecule has 4 nitrogen and oxygen atoms in total. The van der Waals surface area contributed by atoms with E-state index < -0.39 is 4.92 Å². The third-order valence-corrected chi connectivity index (χ3v) is 2.92. The molecule has 5 heteroatoms. The third kappa shape index (κ3) is 3.23. The molecule has 0 aliphatic heterocycles. The Morgan fingerprint density at radius 1 is 1.21 bits per heavy atom. The van der Waals surface area contributed by atoms with Gasteiger partial charge in [-0.3, -0.25) is 10.1 Å². The van der Waals surface area contributed by atoms with Crippen LogP contribution in [0.5, 0.6) is 11.5 Å². The monoisotopic (exact) mass is 277 g/mol. The molecule has 0 bridgehead atoms. The fourth-order valence-corrected chi connectivity index (χ4v) is 1.88. The van der Waals surface area contributed by atoms with E-state index in [2.05, 4.69) is 0 Å². The summed E-state index contributed by atoms with van der Waals surface area (Å²) in [5.74, 6) is 1.56. The normalized spacial score (nSPS) is 10.2. The Balaban J connectivity index is 2.23. The predicted molar refractivity (Wildman–Crippen MR) is 73.9 cm³/mol. The summed E-state index contributed by atoms with van der Waals surface area (Å²) in [6.45, 7) is 1.98. The van der Waals surface area contributed by atoms with Crippen LogP contribution in [0.2, 0.25) is 0 Å². The number of non-ortho nitro benzene ring substituents is 1. The maximum atomic E-state index is 10.6. The van der Waals surface area contributed by atoms with E-state index in [-0.39, 0.29) is 5.69 Å². The molecule has 0 saturated carbocycles. The lowest BCUT2D eigenvalue weighted by Crippen LogP contribution is -1.91. The summed E-state index contributed by atoms with van der Waals surface area (Å²) in [6.07, 6.45) is 0. The smallest absolute Gasteiger partial charge is 0.269 e. The van der Waals surface area contributed by atoms with Gasteiger partial charge in [-0.2, -0.15) is 0 Å². The second kappa shape index (κ2) is 5.71. The number of benzene rings is 2. The van der Waals surface area contributed by atoms with Gasteiger partial charge in [0.2, 0.25) is 0 Å². The quantitative estimate of drug-likeness (QED) is 0.472. The maximum Gasteiger partial charge on any atom is 0.269 e. The molecule has 19 heavy (non-hydrogen) atoms. The van der Waals surface area contributed by atoms with Gasteiger partial charge in [-0.05, 0) is 25.1 Å². The number of halogens is 1. The summed E-state index contributed by atoms with van der Waals surface area (Å²) < 4.78 is 5.68. The molecule has 0 amide bonds. The molecule has 2 aromatic carbocycles. The molecule has 0 spiro atoms. The Bertz CT molecular complexity index is 596. The standard InChI is InChI=1S/C14H12ClNO3/c1-10-2-7-14(11(8-10)9-15)19-13-5-3-12(4-6-13)16(17)18/h2-8H,9H2,1H3. The molecule has 2 aromatic rings. The lowest BCUT2D eigenvalue weighted by Gasteiger charge is -2.10. The van der Waals surface area contributed by atoms with Crippen LogP contribution in [0.1, 0.15) is 11.1 Å². The van der Waals surface area contributed by atoms with Gasteiger partial charge < -0.3 is 4.74 Å². The van der Waals surface area contributed by atoms with E-state index in [4.69, 9.17) is 16.3 Å². The molecular formula is C14H12ClNO3. The number of nitro groups is 1. The number of nitrogens with zero attached hydrogens (tertiary/aromatic N) is 1. The molecule has 0 aromatic heterocycles. The number of ether oxygens (including phenoxy) is 1. The van der Waals surface area contributed by atoms with Crippen molar-refractivity contribution in [3.05, 3.63) is 63.7 Å². The van der Waals surface area contributed by atoms with Gasteiger partial charge in [0.15, 0.2) is 0 Å². The molecule has 2 rings (SSSR count). The van der Waals surface area contributed by atoms with Gasteiger partial charge in [-0.1, -0.05) is 17.7 Å². The number of nitro benzene ring substituents is 1. The zero-order chi connectivity index (χ0) is 13.8. The van der Waals surface area contributed by atoms with Crippen molar-refractivity contribution in [3.63, 3.8) is 0 Å². The Morgan fingerprint density at radius 3 is 2.47 bits per heavy atom. The summed E-state index contributed by atoms with van der Waals surface area (Å²) in [4.78, 5) is 10.1. The molecular weight excluding hydrogens is 266 g/mol. The first-order valence-electron chi connectivity index (χ1n) is 5.68. The van der Waals surface area contributed by atoms with E-state index in [9.17, 15) is 10.1 Å². The largest absolute Gasteiger partial charge is 0.457 e. The van der Waals surface area contributed by atoms with E-state index in [1.54, 1.807) is 12.1 Å². The predicted octanol–water partition coefficient (Wildman–Crippen LogP) is 4.43. The van der Waals surface area contributed by atoms with Crippen molar-refractivity contribution in [2.24, 2.45) is 0 Å².